The Morgan fingerprint density at radius 2 is 2.16 bits per heavy atom. The zero-order valence-corrected chi connectivity index (χ0v) is 11.7. The maximum Gasteiger partial charge on any atom is 0.244 e. The number of aromatic amines is 1. The zero-order valence-electron chi connectivity index (χ0n) is 10.8. The van der Waals surface area contributed by atoms with Gasteiger partial charge in [0.05, 0.1) is 11.4 Å². The van der Waals surface area contributed by atoms with Gasteiger partial charge in [-0.05, 0) is 31.9 Å². The van der Waals surface area contributed by atoms with Crippen molar-refractivity contribution in [3.05, 3.63) is 41.5 Å². The van der Waals surface area contributed by atoms with Crippen molar-refractivity contribution in [1.82, 2.24) is 19.9 Å². The van der Waals surface area contributed by atoms with Gasteiger partial charge in [-0.25, -0.2) is 13.1 Å². The first-order valence-corrected chi connectivity index (χ1v) is 7.39. The van der Waals surface area contributed by atoms with E-state index < -0.39 is 10.0 Å². The molecule has 0 aliphatic rings. The van der Waals surface area contributed by atoms with E-state index in [1.807, 2.05) is 12.1 Å². The number of nitrogens with zero attached hydrogens (tertiary/aromatic N) is 2. The fourth-order valence-electron chi connectivity index (χ4n) is 1.88. The second kappa shape index (κ2) is 5.50. The maximum atomic E-state index is 12.1. The first kappa shape index (κ1) is 13.7. The van der Waals surface area contributed by atoms with E-state index in [0.29, 0.717) is 24.4 Å². The van der Waals surface area contributed by atoms with Crippen LogP contribution in [-0.2, 0) is 16.4 Å². The number of sulfonamides is 1. The van der Waals surface area contributed by atoms with E-state index in [-0.39, 0.29) is 4.90 Å². The molecule has 7 heteroatoms. The summed E-state index contributed by atoms with van der Waals surface area (Å²) in [6.07, 6.45) is 4.01. The highest BCUT2D eigenvalue weighted by Gasteiger charge is 2.21. The highest BCUT2D eigenvalue weighted by molar-refractivity contribution is 7.89. The number of H-pyrrole nitrogens is 1. The number of nitrogens with one attached hydrogen (secondary N) is 2. The Labute approximate surface area is 112 Å². The smallest absolute Gasteiger partial charge is 0.244 e. The largest absolute Gasteiger partial charge is 0.281 e. The summed E-state index contributed by atoms with van der Waals surface area (Å²) in [4.78, 5) is 4.22. The highest BCUT2D eigenvalue weighted by atomic mass is 32.2. The molecule has 0 unspecified atom stereocenters. The predicted octanol–water partition coefficient (Wildman–Crippen LogP) is 0.943. The summed E-state index contributed by atoms with van der Waals surface area (Å²) in [5.74, 6) is 0. The van der Waals surface area contributed by atoms with Crippen molar-refractivity contribution in [2.75, 3.05) is 6.54 Å². The lowest BCUT2D eigenvalue weighted by Gasteiger charge is -2.06. The Kier molecular flexibility index (Phi) is 3.96. The maximum absolute atomic E-state index is 12.1. The van der Waals surface area contributed by atoms with Gasteiger partial charge in [0.1, 0.15) is 4.90 Å². The van der Waals surface area contributed by atoms with Gasteiger partial charge in [0, 0.05) is 18.9 Å². The number of aromatic nitrogens is 3. The Bertz CT molecular complexity index is 630. The minimum absolute atomic E-state index is 0.235. The molecule has 2 rings (SSSR count). The lowest BCUT2D eigenvalue weighted by Crippen LogP contribution is -2.26. The van der Waals surface area contributed by atoms with Crippen molar-refractivity contribution in [3.63, 3.8) is 0 Å². The molecular formula is C12H16N4O2S. The van der Waals surface area contributed by atoms with Gasteiger partial charge in [-0.3, -0.25) is 10.1 Å². The van der Waals surface area contributed by atoms with Gasteiger partial charge >= 0.3 is 0 Å². The Hall–Kier alpha value is -1.73. The monoisotopic (exact) mass is 280 g/mol. The van der Waals surface area contributed by atoms with E-state index in [1.165, 1.54) is 0 Å². The van der Waals surface area contributed by atoms with Gasteiger partial charge in [0.2, 0.25) is 10.0 Å². The third kappa shape index (κ3) is 3.18. The van der Waals surface area contributed by atoms with Crippen LogP contribution in [0.1, 0.15) is 17.0 Å². The van der Waals surface area contributed by atoms with Crippen LogP contribution in [-0.4, -0.2) is 30.1 Å². The second-order valence-electron chi connectivity index (χ2n) is 4.27. The van der Waals surface area contributed by atoms with Crippen LogP contribution in [0.3, 0.4) is 0 Å². The fraction of sp³-hybridized carbons (Fsp3) is 0.333. The summed E-state index contributed by atoms with van der Waals surface area (Å²) in [6.45, 7) is 3.69. The van der Waals surface area contributed by atoms with Crippen molar-refractivity contribution >= 4 is 10.0 Å². The third-order valence-corrected chi connectivity index (χ3v) is 4.48. The summed E-state index contributed by atoms with van der Waals surface area (Å²) in [6, 6.07) is 3.74. The van der Waals surface area contributed by atoms with Crippen LogP contribution in [0.2, 0.25) is 0 Å². The first-order valence-electron chi connectivity index (χ1n) is 5.91. The van der Waals surface area contributed by atoms with E-state index in [2.05, 4.69) is 19.9 Å². The van der Waals surface area contributed by atoms with Crippen LogP contribution in [0.15, 0.2) is 29.4 Å². The molecule has 0 amide bonds. The van der Waals surface area contributed by atoms with Gasteiger partial charge < -0.3 is 0 Å². The molecule has 0 saturated heterocycles. The minimum Gasteiger partial charge on any atom is -0.281 e. The van der Waals surface area contributed by atoms with Crippen LogP contribution in [0.5, 0.6) is 0 Å². The number of hydrogen-bond acceptors (Lipinski definition) is 4. The van der Waals surface area contributed by atoms with E-state index >= 15 is 0 Å². The molecule has 0 fully saturated rings. The molecule has 0 aliphatic carbocycles. The molecule has 2 N–H and O–H groups in total. The molecule has 2 heterocycles. The molecule has 2 aromatic rings. The molecule has 0 saturated carbocycles. The molecule has 6 nitrogen and oxygen atoms in total. The minimum atomic E-state index is -3.51. The lowest BCUT2D eigenvalue weighted by atomic mass is 10.2. The molecule has 0 aromatic carbocycles. The average Bonchev–Trinajstić information content (AvgIpc) is 2.70. The Morgan fingerprint density at radius 3 is 2.74 bits per heavy atom. The normalized spacial score (nSPS) is 11.7. The standard InChI is InChI=1S/C12H16N4O2S/c1-9-12(10(2)16-15-9)19(17,18)14-7-5-11-4-3-6-13-8-11/h3-4,6,8,14H,5,7H2,1-2H3,(H,15,16). The van der Waals surface area contributed by atoms with E-state index in [1.54, 1.807) is 26.2 Å². The molecule has 0 atom stereocenters. The van der Waals surface area contributed by atoms with Crippen molar-refractivity contribution in [3.8, 4) is 0 Å². The Morgan fingerprint density at radius 1 is 1.37 bits per heavy atom. The first-order chi connectivity index (χ1) is 9.00. The molecule has 0 aliphatic heterocycles. The quantitative estimate of drug-likeness (QED) is 0.853. The second-order valence-corrected chi connectivity index (χ2v) is 5.98. The summed E-state index contributed by atoms with van der Waals surface area (Å²) < 4.78 is 26.9. The van der Waals surface area contributed by atoms with Gasteiger partial charge in [-0.15, -0.1) is 0 Å². The highest BCUT2D eigenvalue weighted by Crippen LogP contribution is 2.15. The van der Waals surface area contributed by atoms with Gasteiger partial charge in [0.15, 0.2) is 0 Å². The third-order valence-electron chi connectivity index (χ3n) is 2.76. The van der Waals surface area contributed by atoms with E-state index in [4.69, 9.17) is 0 Å². The number of rotatable bonds is 5. The van der Waals surface area contributed by atoms with Crippen molar-refractivity contribution in [1.29, 1.82) is 0 Å². The zero-order chi connectivity index (χ0) is 13.9. The van der Waals surface area contributed by atoms with E-state index in [0.717, 1.165) is 5.56 Å². The van der Waals surface area contributed by atoms with Crippen LogP contribution in [0.4, 0.5) is 0 Å². The number of hydrogen-bond donors (Lipinski definition) is 2. The molecule has 0 bridgehead atoms. The Balaban J connectivity index is 2.03. The van der Waals surface area contributed by atoms with Crippen LogP contribution < -0.4 is 4.72 Å². The molecular weight excluding hydrogens is 264 g/mol. The molecule has 102 valence electrons. The summed E-state index contributed by atoms with van der Waals surface area (Å²) in [7, 11) is -3.51. The topological polar surface area (TPSA) is 87.7 Å². The van der Waals surface area contributed by atoms with Crippen LogP contribution in [0, 0.1) is 13.8 Å². The van der Waals surface area contributed by atoms with Gasteiger partial charge in [0.25, 0.3) is 0 Å². The van der Waals surface area contributed by atoms with E-state index in [9.17, 15) is 8.42 Å². The predicted molar refractivity (Wildman–Crippen MR) is 71.2 cm³/mol. The summed E-state index contributed by atoms with van der Waals surface area (Å²) in [5.41, 5.74) is 2.02. The number of aryl methyl sites for hydroxylation is 2. The van der Waals surface area contributed by atoms with Gasteiger partial charge in [-0.1, -0.05) is 6.07 Å². The van der Waals surface area contributed by atoms with Crippen molar-refractivity contribution in [2.24, 2.45) is 0 Å². The molecule has 0 spiro atoms. The summed E-state index contributed by atoms with van der Waals surface area (Å²) in [5, 5.41) is 6.57. The van der Waals surface area contributed by atoms with Crippen molar-refractivity contribution < 1.29 is 8.42 Å². The van der Waals surface area contributed by atoms with Crippen LogP contribution >= 0.6 is 0 Å². The average molecular weight is 280 g/mol. The molecule has 0 radical (unpaired) electrons. The van der Waals surface area contributed by atoms with Crippen molar-refractivity contribution in [2.45, 2.75) is 25.2 Å². The molecule has 2 aromatic heterocycles. The lowest BCUT2D eigenvalue weighted by molar-refractivity contribution is 0.580. The SMILES string of the molecule is Cc1n[nH]c(C)c1S(=O)(=O)NCCc1cccnc1. The van der Waals surface area contributed by atoms with Gasteiger partial charge in [-0.2, -0.15) is 5.10 Å². The number of pyridine rings is 1. The fourth-order valence-corrected chi connectivity index (χ4v) is 3.28. The summed E-state index contributed by atoms with van der Waals surface area (Å²) >= 11 is 0. The molecule has 19 heavy (non-hydrogen) atoms. The van der Waals surface area contributed by atoms with Crippen LogP contribution in [0.25, 0.3) is 0 Å².